The van der Waals surface area contributed by atoms with Crippen LogP contribution in [0.25, 0.3) is 0 Å². The molecule has 3 rings (SSSR count). The lowest BCUT2D eigenvalue weighted by Gasteiger charge is -2.09. The van der Waals surface area contributed by atoms with E-state index in [0.29, 0.717) is 18.1 Å². The number of pyridine rings is 1. The summed E-state index contributed by atoms with van der Waals surface area (Å²) in [5.74, 6) is 0.332. The first-order valence-electron chi connectivity index (χ1n) is 6.59. The van der Waals surface area contributed by atoms with Gasteiger partial charge in [0.1, 0.15) is 0 Å². The van der Waals surface area contributed by atoms with Crippen molar-refractivity contribution in [1.29, 1.82) is 0 Å². The highest BCUT2D eigenvalue weighted by Gasteiger charge is 2.09. The largest absolute Gasteiger partial charge is 0.313 e. The van der Waals surface area contributed by atoms with Gasteiger partial charge in [-0.05, 0) is 17.7 Å². The van der Waals surface area contributed by atoms with Crippen LogP contribution in [-0.2, 0) is 6.54 Å². The van der Waals surface area contributed by atoms with Crippen molar-refractivity contribution in [3.63, 3.8) is 0 Å². The number of carbonyl (C=O) groups excluding carboxylic acids is 1. The van der Waals surface area contributed by atoms with Crippen LogP contribution < -0.4 is 5.32 Å². The molecule has 0 saturated heterocycles. The fraction of sp³-hybridized carbons (Fsp3) is 0.0625. The highest BCUT2D eigenvalue weighted by Crippen LogP contribution is 2.10. The molecule has 2 aromatic heterocycles. The number of nitrogens with one attached hydrogen (secondary N) is 1. The monoisotopic (exact) mass is 278 g/mol. The van der Waals surface area contributed by atoms with E-state index in [9.17, 15) is 4.79 Å². The number of amides is 1. The third kappa shape index (κ3) is 3.14. The van der Waals surface area contributed by atoms with E-state index in [2.05, 4.69) is 15.3 Å². The zero-order valence-corrected chi connectivity index (χ0v) is 11.3. The van der Waals surface area contributed by atoms with Gasteiger partial charge in [0.25, 0.3) is 5.91 Å². The fourth-order valence-corrected chi connectivity index (χ4v) is 2.02. The first-order chi connectivity index (χ1) is 10.3. The van der Waals surface area contributed by atoms with Gasteiger partial charge < -0.3 is 4.57 Å². The number of hydrogen-bond donors (Lipinski definition) is 1. The molecular weight excluding hydrogens is 264 g/mol. The average molecular weight is 278 g/mol. The molecule has 0 spiro atoms. The third-order valence-corrected chi connectivity index (χ3v) is 3.08. The Kier molecular flexibility index (Phi) is 3.73. The second-order valence-electron chi connectivity index (χ2n) is 4.55. The fourth-order valence-electron chi connectivity index (χ4n) is 2.02. The van der Waals surface area contributed by atoms with Crippen molar-refractivity contribution in [2.45, 2.75) is 6.54 Å². The van der Waals surface area contributed by atoms with E-state index < -0.39 is 0 Å². The van der Waals surface area contributed by atoms with E-state index in [4.69, 9.17) is 0 Å². The molecule has 0 unspecified atom stereocenters. The molecule has 1 amide bonds. The van der Waals surface area contributed by atoms with Gasteiger partial charge in [0.15, 0.2) is 0 Å². The Hall–Kier alpha value is -2.95. The molecule has 0 atom stereocenters. The summed E-state index contributed by atoms with van der Waals surface area (Å²) in [5, 5.41) is 2.81. The van der Waals surface area contributed by atoms with Gasteiger partial charge in [-0.15, -0.1) is 0 Å². The second kappa shape index (κ2) is 6.00. The minimum Gasteiger partial charge on any atom is -0.313 e. The molecule has 0 bridgehead atoms. The average Bonchev–Trinajstić information content (AvgIpc) is 2.96. The molecule has 0 saturated carbocycles. The number of rotatable bonds is 4. The van der Waals surface area contributed by atoms with Crippen molar-refractivity contribution in [2.24, 2.45) is 0 Å². The summed E-state index contributed by atoms with van der Waals surface area (Å²) >= 11 is 0. The highest BCUT2D eigenvalue weighted by atomic mass is 16.1. The smallest absolute Gasteiger partial charge is 0.258 e. The Morgan fingerprint density at radius 3 is 2.57 bits per heavy atom. The molecule has 21 heavy (non-hydrogen) atoms. The minimum absolute atomic E-state index is 0.196. The lowest BCUT2D eigenvalue weighted by atomic mass is 10.2. The Balaban J connectivity index is 1.75. The van der Waals surface area contributed by atoms with Crippen LogP contribution >= 0.6 is 0 Å². The van der Waals surface area contributed by atoms with E-state index in [1.54, 1.807) is 30.7 Å². The molecule has 0 radical (unpaired) electrons. The van der Waals surface area contributed by atoms with E-state index in [1.165, 1.54) is 0 Å². The molecule has 0 aliphatic rings. The van der Waals surface area contributed by atoms with Gasteiger partial charge in [-0.1, -0.05) is 30.3 Å². The van der Waals surface area contributed by atoms with Gasteiger partial charge in [0, 0.05) is 30.4 Å². The maximum Gasteiger partial charge on any atom is 0.258 e. The maximum absolute atomic E-state index is 12.1. The van der Waals surface area contributed by atoms with Gasteiger partial charge >= 0.3 is 0 Å². The molecule has 5 nitrogen and oxygen atoms in total. The predicted molar refractivity (Wildman–Crippen MR) is 80.0 cm³/mol. The molecule has 1 N–H and O–H groups in total. The van der Waals surface area contributed by atoms with Crippen molar-refractivity contribution in [1.82, 2.24) is 14.5 Å². The summed E-state index contributed by atoms with van der Waals surface area (Å²) in [6.07, 6.45) is 6.69. The van der Waals surface area contributed by atoms with E-state index in [-0.39, 0.29) is 5.91 Å². The van der Waals surface area contributed by atoms with Gasteiger partial charge in [0.05, 0.1) is 6.54 Å². The quantitative estimate of drug-likeness (QED) is 0.798. The molecule has 0 aliphatic carbocycles. The number of anilines is 1. The standard InChI is InChI=1S/C16H14N4O/c21-15(14-6-8-17-9-7-14)19-16-18-10-11-20(16)12-13-4-2-1-3-5-13/h1-11H,12H2,(H,18,19,21). The number of hydrogen-bond acceptors (Lipinski definition) is 3. The van der Waals surface area contributed by atoms with Gasteiger partial charge in [-0.25, -0.2) is 4.98 Å². The van der Waals surface area contributed by atoms with Crippen LogP contribution in [0, 0.1) is 0 Å². The Bertz CT molecular complexity index is 722. The number of benzene rings is 1. The molecule has 5 heteroatoms. The Morgan fingerprint density at radius 2 is 1.81 bits per heavy atom. The zero-order valence-electron chi connectivity index (χ0n) is 11.3. The number of nitrogens with zero attached hydrogens (tertiary/aromatic N) is 3. The zero-order chi connectivity index (χ0) is 14.5. The normalized spacial score (nSPS) is 10.3. The van der Waals surface area contributed by atoms with Crippen LogP contribution in [0.2, 0.25) is 0 Å². The lowest BCUT2D eigenvalue weighted by Crippen LogP contribution is -2.16. The lowest BCUT2D eigenvalue weighted by molar-refractivity contribution is 0.102. The highest BCUT2D eigenvalue weighted by molar-refractivity contribution is 6.03. The first-order valence-corrected chi connectivity index (χ1v) is 6.59. The van der Waals surface area contributed by atoms with Gasteiger partial charge in [-0.2, -0.15) is 0 Å². The van der Waals surface area contributed by atoms with Crippen LogP contribution in [-0.4, -0.2) is 20.4 Å². The number of aromatic nitrogens is 3. The van der Waals surface area contributed by atoms with Crippen LogP contribution in [0.5, 0.6) is 0 Å². The summed E-state index contributed by atoms with van der Waals surface area (Å²) in [6, 6.07) is 13.4. The van der Waals surface area contributed by atoms with E-state index in [0.717, 1.165) is 5.56 Å². The van der Waals surface area contributed by atoms with E-state index >= 15 is 0 Å². The van der Waals surface area contributed by atoms with Crippen molar-refractivity contribution in [2.75, 3.05) is 5.32 Å². The van der Waals surface area contributed by atoms with Crippen LogP contribution in [0.1, 0.15) is 15.9 Å². The van der Waals surface area contributed by atoms with Crippen molar-refractivity contribution < 1.29 is 4.79 Å². The first kappa shape index (κ1) is 13.1. The van der Waals surface area contributed by atoms with Gasteiger partial charge in [0.2, 0.25) is 5.95 Å². The number of imidazole rings is 1. The molecule has 1 aromatic carbocycles. The van der Waals surface area contributed by atoms with Crippen LogP contribution in [0.3, 0.4) is 0 Å². The summed E-state index contributed by atoms with van der Waals surface area (Å²) in [6.45, 7) is 0.660. The van der Waals surface area contributed by atoms with Crippen molar-refractivity contribution >= 4 is 11.9 Å². The topological polar surface area (TPSA) is 59.8 Å². The molecular formula is C16H14N4O. The maximum atomic E-state index is 12.1. The second-order valence-corrected chi connectivity index (χ2v) is 4.55. The number of carbonyl (C=O) groups is 1. The molecule has 0 fully saturated rings. The van der Waals surface area contributed by atoms with Crippen LogP contribution in [0.15, 0.2) is 67.3 Å². The molecule has 2 heterocycles. The van der Waals surface area contributed by atoms with Crippen LogP contribution in [0.4, 0.5) is 5.95 Å². The summed E-state index contributed by atoms with van der Waals surface area (Å²) < 4.78 is 1.90. The van der Waals surface area contributed by atoms with Crippen molar-refractivity contribution in [3.8, 4) is 0 Å². The van der Waals surface area contributed by atoms with Crippen molar-refractivity contribution in [3.05, 3.63) is 78.4 Å². The Morgan fingerprint density at radius 1 is 1.05 bits per heavy atom. The molecule has 104 valence electrons. The summed E-state index contributed by atoms with van der Waals surface area (Å²) in [7, 11) is 0. The Labute approximate surface area is 122 Å². The molecule has 0 aliphatic heterocycles. The third-order valence-electron chi connectivity index (χ3n) is 3.08. The SMILES string of the molecule is O=C(Nc1nccn1Cc1ccccc1)c1ccncc1. The minimum atomic E-state index is -0.196. The summed E-state index contributed by atoms with van der Waals surface area (Å²) in [4.78, 5) is 20.2. The predicted octanol–water partition coefficient (Wildman–Crippen LogP) is 2.58. The molecule has 3 aromatic rings. The van der Waals surface area contributed by atoms with Gasteiger partial charge in [-0.3, -0.25) is 15.1 Å². The van der Waals surface area contributed by atoms with E-state index in [1.807, 2.05) is 41.1 Å². The summed E-state index contributed by atoms with van der Waals surface area (Å²) in [5.41, 5.74) is 1.70.